The van der Waals surface area contributed by atoms with E-state index in [4.69, 9.17) is 27.9 Å². The number of nitrogens with zero attached hydrogens (tertiary/aromatic N) is 1. The lowest BCUT2D eigenvalue weighted by Gasteiger charge is -2.20. The smallest absolute Gasteiger partial charge is 0.290 e. The van der Waals surface area contributed by atoms with Gasteiger partial charge in [-0.15, -0.1) is 0 Å². The predicted octanol–water partition coefficient (Wildman–Crippen LogP) is 1.78. The molecular weight excluding hydrogens is 323 g/mol. The molecule has 1 unspecified atom stereocenters. The van der Waals surface area contributed by atoms with Gasteiger partial charge in [0.05, 0.1) is 16.6 Å². The summed E-state index contributed by atoms with van der Waals surface area (Å²) in [7, 11) is 0. The molecule has 1 aromatic carbocycles. The number of nitro groups is 1. The Balaban J connectivity index is 2.14. The standard InChI is InChI=1S/C12H12Cl2N2O5/c13-8-3-7(4-9(10(8)14)16(19)20)11(17)15-5-12(18)1-2-21-6-12/h3-4,18H,1-2,5-6H2,(H,15,17). The van der Waals surface area contributed by atoms with Crippen molar-refractivity contribution in [1.29, 1.82) is 0 Å². The fourth-order valence-corrected chi connectivity index (χ4v) is 2.31. The van der Waals surface area contributed by atoms with E-state index in [9.17, 15) is 20.0 Å². The monoisotopic (exact) mass is 334 g/mol. The summed E-state index contributed by atoms with van der Waals surface area (Å²) in [4.78, 5) is 22.1. The fourth-order valence-electron chi connectivity index (χ4n) is 1.92. The molecule has 0 aliphatic carbocycles. The molecule has 2 N–H and O–H groups in total. The third-order valence-electron chi connectivity index (χ3n) is 3.13. The lowest BCUT2D eigenvalue weighted by atomic mass is 10.0. The number of halogens is 2. The molecule has 7 nitrogen and oxygen atoms in total. The molecular formula is C12H12Cl2N2O5. The summed E-state index contributed by atoms with van der Waals surface area (Å²) in [6.45, 7) is 0.541. The quantitative estimate of drug-likeness (QED) is 0.645. The minimum absolute atomic E-state index is 0.00128. The molecule has 21 heavy (non-hydrogen) atoms. The lowest BCUT2D eigenvalue weighted by molar-refractivity contribution is -0.384. The molecule has 1 aliphatic rings. The van der Waals surface area contributed by atoms with Crippen molar-refractivity contribution in [3.8, 4) is 0 Å². The average molecular weight is 335 g/mol. The molecule has 0 spiro atoms. The number of benzene rings is 1. The maximum Gasteiger partial charge on any atom is 0.290 e. The molecule has 1 aromatic rings. The molecule has 0 saturated carbocycles. The lowest BCUT2D eigenvalue weighted by Crippen LogP contribution is -2.43. The largest absolute Gasteiger partial charge is 0.386 e. The average Bonchev–Trinajstić information content (AvgIpc) is 2.86. The second kappa shape index (κ2) is 6.15. The molecule has 9 heteroatoms. The topological polar surface area (TPSA) is 102 Å². The van der Waals surface area contributed by atoms with Gasteiger partial charge in [-0.3, -0.25) is 14.9 Å². The highest BCUT2D eigenvalue weighted by atomic mass is 35.5. The first kappa shape index (κ1) is 16.0. The summed E-state index contributed by atoms with van der Waals surface area (Å²) in [6, 6.07) is 2.28. The van der Waals surface area contributed by atoms with Gasteiger partial charge in [0.25, 0.3) is 11.6 Å². The molecule has 1 saturated heterocycles. The van der Waals surface area contributed by atoms with Gasteiger partial charge in [0.15, 0.2) is 0 Å². The van der Waals surface area contributed by atoms with E-state index >= 15 is 0 Å². The Morgan fingerprint density at radius 3 is 2.81 bits per heavy atom. The zero-order valence-electron chi connectivity index (χ0n) is 10.8. The first-order valence-electron chi connectivity index (χ1n) is 6.04. The number of hydrogen-bond donors (Lipinski definition) is 2. The number of nitro benzene ring substituents is 1. The third-order valence-corrected chi connectivity index (χ3v) is 3.92. The highest BCUT2D eigenvalue weighted by molar-refractivity contribution is 6.43. The second-order valence-corrected chi connectivity index (χ2v) is 5.54. The van der Waals surface area contributed by atoms with Gasteiger partial charge in [-0.2, -0.15) is 0 Å². The van der Waals surface area contributed by atoms with E-state index in [0.717, 1.165) is 6.07 Å². The van der Waals surface area contributed by atoms with Crippen molar-refractivity contribution in [3.05, 3.63) is 37.9 Å². The number of nitrogens with one attached hydrogen (secondary N) is 1. The van der Waals surface area contributed by atoms with Gasteiger partial charge in [0.1, 0.15) is 10.6 Å². The third kappa shape index (κ3) is 3.62. The SMILES string of the molecule is O=C(NCC1(O)CCOC1)c1cc(Cl)c(Cl)c([N+](=O)[O-])c1. The van der Waals surface area contributed by atoms with Crippen molar-refractivity contribution in [1.82, 2.24) is 5.32 Å². The fraction of sp³-hybridized carbons (Fsp3) is 0.417. The zero-order chi connectivity index (χ0) is 15.6. The van der Waals surface area contributed by atoms with Gasteiger partial charge >= 0.3 is 0 Å². The molecule has 0 radical (unpaired) electrons. The van der Waals surface area contributed by atoms with Crippen LogP contribution in [0.15, 0.2) is 12.1 Å². The van der Waals surface area contributed by atoms with Gasteiger partial charge in [-0.05, 0) is 6.07 Å². The van der Waals surface area contributed by atoms with Crippen molar-refractivity contribution in [3.63, 3.8) is 0 Å². The molecule has 1 aliphatic heterocycles. The number of amides is 1. The Hall–Kier alpha value is -1.41. The van der Waals surface area contributed by atoms with E-state index in [0.29, 0.717) is 13.0 Å². The van der Waals surface area contributed by atoms with E-state index in [2.05, 4.69) is 5.32 Å². The van der Waals surface area contributed by atoms with E-state index in [1.165, 1.54) is 6.07 Å². The Morgan fingerprint density at radius 1 is 1.52 bits per heavy atom. The number of rotatable bonds is 4. The zero-order valence-corrected chi connectivity index (χ0v) is 12.3. The summed E-state index contributed by atoms with van der Waals surface area (Å²) in [6.07, 6.45) is 0.412. The second-order valence-electron chi connectivity index (χ2n) is 4.76. The van der Waals surface area contributed by atoms with Crippen LogP contribution in [0, 0.1) is 10.1 Å². The van der Waals surface area contributed by atoms with Crippen LogP contribution in [0.2, 0.25) is 10.0 Å². The molecule has 0 aromatic heterocycles. The summed E-state index contributed by atoms with van der Waals surface area (Å²) in [5.41, 5.74) is -1.56. The Bertz CT molecular complexity index is 587. The highest BCUT2D eigenvalue weighted by Gasteiger charge is 2.32. The van der Waals surface area contributed by atoms with Crippen molar-refractivity contribution >= 4 is 34.8 Å². The minimum Gasteiger partial charge on any atom is -0.386 e. The Morgan fingerprint density at radius 2 is 2.24 bits per heavy atom. The number of hydrogen-bond acceptors (Lipinski definition) is 5. The van der Waals surface area contributed by atoms with Crippen LogP contribution >= 0.6 is 23.2 Å². The minimum atomic E-state index is -1.11. The Kier molecular flexibility index (Phi) is 4.67. The number of carbonyl (C=O) groups is 1. The van der Waals surface area contributed by atoms with Gasteiger partial charge < -0.3 is 15.2 Å². The molecule has 114 valence electrons. The van der Waals surface area contributed by atoms with Crippen LogP contribution < -0.4 is 5.32 Å². The molecule has 1 amide bonds. The molecule has 1 atom stereocenters. The van der Waals surface area contributed by atoms with Crippen LogP contribution in [0.4, 0.5) is 5.69 Å². The molecule has 2 rings (SSSR count). The number of carbonyl (C=O) groups excluding carboxylic acids is 1. The van der Waals surface area contributed by atoms with Crippen LogP contribution in [-0.2, 0) is 4.74 Å². The van der Waals surface area contributed by atoms with Gasteiger partial charge in [0, 0.05) is 31.2 Å². The maximum absolute atomic E-state index is 12.0. The van der Waals surface area contributed by atoms with Crippen molar-refractivity contribution < 1.29 is 19.6 Å². The molecule has 0 bridgehead atoms. The van der Waals surface area contributed by atoms with E-state index in [-0.39, 0.29) is 28.8 Å². The number of aliphatic hydroxyl groups is 1. The van der Waals surface area contributed by atoms with Crippen molar-refractivity contribution in [2.24, 2.45) is 0 Å². The molecule has 1 heterocycles. The maximum atomic E-state index is 12.0. The van der Waals surface area contributed by atoms with Gasteiger partial charge in [0.2, 0.25) is 0 Å². The summed E-state index contributed by atoms with van der Waals surface area (Å²) in [5, 5.41) is 23.1. The normalized spacial score (nSPS) is 21.3. The van der Waals surface area contributed by atoms with E-state index in [1.54, 1.807) is 0 Å². The molecule has 1 fully saturated rings. The van der Waals surface area contributed by atoms with E-state index < -0.39 is 22.1 Å². The van der Waals surface area contributed by atoms with Gasteiger partial charge in [-0.1, -0.05) is 23.2 Å². The highest BCUT2D eigenvalue weighted by Crippen LogP contribution is 2.33. The van der Waals surface area contributed by atoms with Crippen LogP contribution in [-0.4, -0.2) is 41.3 Å². The summed E-state index contributed by atoms with van der Waals surface area (Å²) in [5.74, 6) is -0.586. The number of ether oxygens (including phenoxy) is 1. The van der Waals surface area contributed by atoms with Crippen LogP contribution in [0.5, 0.6) is 0 Å². The predicted molar refractivity (Wildman–Crippen MR) is 75.8 cm³/mol. The van der Waals surface area contributed by atoms with Gasteiger partial charge in [-0.25, -0.2) is 0 Å². The Labute approximate surface area is 129 Å². The van der Waals surface area contributed by atoms with Crippen molar-refractivity contribution in [2.45, 2.75) is 12.0 Å². The first-order chi connectivity index (χ1) is 9.82. The first-order valence-corrected chi connectivity index (χ1v) is 6.80. The van der Waals surface area contributed by atoms with E-state index in [1.807, 2.05) is 0 Å². The summed E-state index contributed by atoms with van der Waals surface area (Å²) < 4.78 is 5.05. The van der Waals surface area contributed by atoms with Crippen LogP contribution in [0.25, 0.3) is 0 Å². The summed E-state index contributed by atoms with van der Waals surface area (Å²) >= 11 is 11.5. The van der Waals surface area contributed by atoms with Crippen LogP contribution in [0.1, 0.15) is 16.8 Å². The van der Waals surface area contributed by atoms with Crippen LogP contribution in [0.3, 0.4) is 0 Å². The van der Waals surface area contributed by atoms with Crippen molar-refractivity contribution in [2.75, 3.05) is 19.8 Å².